The average molecular weight is 298 g/mol. The molecule has 0 aliphatic carbocycles. The van der Waals surface area contributed by atoms with Crippen LogP contribution in [0.25, 0.3) is 0 Å². The number of benzene rings is 2. The molecule has 2 atom stereocenters. The first-order valence-electron chi connectivity index (χ1n) is 7.16. The molecule has 0 amide bonds. The molecule has 0 radical (unpaired) electrons. The third-order valence-electron chi connectivity index (χ3n) is 4.17. The molecule has 3 rings (SSSR count). The summed E-state index contributed by atoms with van der Waals surface area (Å²) in [6, 6.07) is 12.3. The van der Waals surface area contributed by atoms with E-state index in [0.29, 0.717) is 22.6 Å². The zero-order valence-electron chi connectivity index (χ0n) is 12.8. The molecular weight excluding hydrogens is 280 g/mol. The number of hydrogen-bond acceptors (Lipinski definition) is 4. The minimum atomic E-state index is -1.68. The van der Waals surface area contributed by atoms with E-state index in [1.165, 1.54) is 0 Å². The van der Waals surface area contributed by atoms with E-state index in [1.54, 1.807) is 44.4 Å². The minimum absolute atomic E-state index is 0.146. The van der Waals surface area contributed by atoms with Gasteiger partial charge >= 0.3 is 0 Å². The van der Waals surface area contributed by atoms with Crippen molar-refractivity contribution >= 4 is 5.78 Å². The van der Waals surface area contributed by atoms with Crippen molar-refractivity contribution in [1.29, 1.82) is 0 Å². The number of methoxy groups -OCH3 is 1. The molecule has 1 aliphatic rings. The van der Waals surface area contributed by atoms with Crippen LogP contribution in [0.1, 0.15) is 28.4 Å². The predicted octanol–water partition coefficient (Wildman–Crippen LogP) is 3.06. The number of hydrogen-bond donors (Lipinski definition) is 1. The molecule has 0 saturated carbocycles. The van der Waals surface area contributed by atoms with E-state index in [1.807, 2.05) is 19.1 Å². The number of ketones is 1. The molecule has 1 heterocycles. The Morgan fingerprint density at radius 2 is 1.86 bits per heavy atom. The second-order valence-electron chi connectivity index (χ2n) is 5.61. The van der Waals surface area contributed by atoms with Gasteiger partial charge in [-0.2, -0.15) is 0 Å². The molecule has 0 fully saturated rings. The summed E-state index contributed by atoms with van der Waals surface area (Å²) in [6.07, 6.45) is 0. The van der Waals surface area contributed by atoms with Gasteiger partial charge in [-0.25, -0.2) is 0 Å². The molecule has 1 N–H and O–H groups in total. The van der Waals surface area contributed by atoms with E-state index in [9.17, 15) is 9.90 Å². The Balaban J connectivity index is 2.10. The zero-order valence-corrected chi connectivity index (χ0v) is 12.8. The van der Waals surface area contributed by atoms with Gasteiger partial charge < -0.3 is 14.6 Å². The lowest BCUT2D eigenvalue weighted by Gasteiger charge is -2.38. The van der Waals surface area contributed by atoms with Gasteiger partial charge in [0, 0.05) is 11.6 Å². The van der Waals surface area contributed by atoms with E-state index >= 15 is 0 Å². The third-order valence-corrected chi connectivity index (χ3v) is 4.17. The number of aryl methyl sites for hydroxylation is 1. The Hall–Kier alpha value is -2.33. The maximum atomic E-state index is 12.6. The highest BCUT2D eigenvalue weighted by Crippen LogP contribution is 2.42. The van der Waals surface area contributed by atoms with E-state index in [2.05, 4.69) is 0 Å². The van der Waals surface area contributed by atoms with Crippen LogP contribution in [0.2, 0.25) is 0 Å². The Bertz CT molecular complexity index is 720. The fourth-order valence-corrected chi connectivity index (χ4v) is 2.69. The second-order valence-corrected chi connectivity index (χ2v) is 5.61. The maximum Gasteiger partial charge on any atom is 0.244 e. The number of carbonyl (C=O) groups is 1. The quantitative estimate of drug-likeness (QED) is 0.926. The first-order chi connectivity index (χ1) is 10.5. The van der Waals surface area contributed by atoms with Gasteiger partial charge in [-0.3, -0.25) is 4.79 Å². The van der Waals surface area contributed by atoms with Crippen LogP contribution in [0.4, 0.5) is 0 Å². The van der Waals surface area contributed by atoms with Crippen molar-refractivity contribution in [3.05, 3.63) is 59.2 Å². The van der Waals surface area contributed by atoms with Crippen LogP contribution in [0.5, 0.6) is 11.5 Å². The molecule has 4 nitrogen and oxygen atoms in total. The van der Waals surface area contributed by atoms with Gasteiger partial charge in [0.2, 0.25) is 5.79 Å². The minimum Gasteiger partial charge on any atom is -0.497 e. The number of rotatable bonds is 2. The average Bonchev–Trinajstić information content (AvgIpc) is 2.52. The van der Waals surface area contributed by atoms with Crippen LogP contribution in [-0.4, -0.2) is 18.0 Å². The number of Topliss-reactive ketones (excluding diaryl/α,β-unsaturated/α-hetero) is 1. The van der Waals surface area contributed by atoms with E-state index in [0.717, 1.165) is 5.56 Å². The largest absolute Gasteiger partial charge is 0.497 e. The first kappa shape index (κ1) is 14.6. The summed E-state index contributed by atoms with van der Waals surface area (Å²) < 4.78 is 11.0. The third kappa shape index (κ3) is 2.16. The number of ether oxygens (including phenoxy) is 2. The summed E-state index contributed by atoms with van der Waals surface area (Å²) in [7, 11) is 1.54. The van der Waals surface area contributed by atoms with Crippen molar-refractivity contribution in [3.8, 4) is 11.5 Å². The zero-order chi connectivity index (χ0) is 15.9. The smallest absolute Gasteiger partial charge is 0.244 e. The Morgan fingerprint density at radius 3 is 2.50 bits per heavy atom. The lowest BCUT2D eigenvalue weighted by molar-refractivity contribution is -0.176. The maximum absolute atomic E-state index is 12.6. The summed E-state index contributed by atoms with van der Waals surface area (Å²) in [5, 5.41) is 11.0. The summed E-state index contributed by atoms with van der Waals surface area (Å²) in [5.74, 6) is -1.61. The molecule has 0 unspecified atom stereocenters. The van der Waals surface area contributed by atoms with Crippen molar-refractivity contribution < 1.29 is 19.4 Å². The number of fused-ring (bicyclic) bond motifs is 1. The summed E-state index contributed by atoms with van der Waals surface area (Å²) in [6.45, 7) is 3.64. The SMILES string of the molecule is COc1ccc2c(c1)O[C@@](O)(c1ccc(C)cc1)[C@H](C)C2=O. The van der Waals surface area contributed by atoms with Crippen molar-refractivity contribution in [1.82, 2.24) is 0 Å². The standard InChI is InChI=1S/C18H18O4/c1-11-4-6-13(7-5-11)18(20)12(2)17(19)15-9-8-14(21-3)10-16(15)22-18/h4-10,12,20H,1-3H3/t12-,18-/m1/s1. The lowest BCUT2D eigenvalue weighted by atomic mass is 9.84. The lowest BCUT2D eigenvalue weighted by Crippen LogP contribution is -2.46. The van der Waals surface area contributed by atoms with Crippen LogP contribution in [0.15, 0.2) is 42.5 Å². The molecule has 22 heavy (non-hydrogen) atoms. The second kappa shape index (κ2) is 5.14. The highest BCUT2D eigenvalue weighted by atomic mass is 16.6. The Kier molecular flexibility index (Phi) is 3.41. The van der Waals surface area contributed by atoms with Crippen LogP contribution in [-0.2, 0) is 5.79 Å². The van der Waals surface area contributed by atoms with Crippen molar-refractivity contribution in [2.24, 2.45) is 5.92 Å². The molecule has 1 aliphatic heterocycles. The van der Waals surface area contributed by atoms with Crippen LogP contribution >= 0.6 is 0 Å². The fourth-order valence-electron chi connectivity index (χ4n) is 2.69. The Labute approximate surface area is 129 Å². The van der Waals surface area contributed by atoms with Gasteiger partial charge in [0.05, 0.1) is 18.6 Å². The predicted molar refractivity (Wildman–Crippen MR) is 82.2 cm³/mol. The van der Waals surface area contributed by atoms with Crippen molar-refractivity contribution in [2.45, 2.75) is 19.6 Å². The molecule has 0 spiro atoms. The topological polar surface area (TPSA) is 55.8 Å². The van der Waals surface area contributed by atoms with Crippen LogP contribution < -0.4 is 9.47 Å². The normalized spacial score (nSPS) is 23.6. The van der Waals surface area contributed by atoms with Crippen molar-refractivity contribution in [2.75, 3.05) is 7.11 Å². The van der Waals surface area contributed by atoms with Gasteiger partial charge in [0.15, 0.2) is 5.78 Å². The number of carbonyl (C=O) groups excluding carboxylic acids is 1. The van der Waals surface area contributed by atoms with E-state index < -0.39 is 11.7 Å². The summed E-state index contributed by atoms with van der Waals surface area (Å²) >= 11 is 0. The van der Waals surface area contributed by atoms with Gasteiger partial charge in [0.1, 0.15) is 11.5 Å². The van der Waals surface area contributed by atoms with E-state index in [4.69, 9.17) is 9.47 Å². The number of aliphatic hydroxyl groups is 1. The van der Waals surface area contributed by atoms with Gasteiger partial charge in [-0.15, -0.1) is 0 Å². The van der Waals surface area contributed by atoms with Gasteiger partial charge in [0.25, 0.3) is 0 Å². The molecular formula is C18H18O4. The molecule has 0 aromatic heterocycles. The van der Waals surface area contributed by atoms with Crippen LogP contribution in [0, 0.1) is 12.8 Å². The molecule has 4 heteroatoms. The highest BCUT2D eigenvalue weighted by Gasteiger charge is 2.47. The van der Waals surface area contributed by atoms with Crippen molar-refractivity contribution in [3.63, 3.8) is 0 Å². The van der Waals surface area contributed by atoms with Gasteiger partial charge in [-0.1, -0.05) is 29.8 Å². The molecule has 0 bridgehead atoms. The Morgan fingerprint density at radius 1 is 1.18 bits per heavy atom. The monoisotopic (exact) mass is 298 g/mol. The highest BCUT2D eigenvalue weighted by molar-refractivity contribution is 6.02. The molecule has 2 aromatic carbocycles. The van der Waals surface area contributed by atoms with Gasteiger partial charge in [-0.05, 0) is 26.0 Å². The fraction of sp³-hybridized carbons (Fsp3) is 0.278. The molecule has 114 valence electrons. The summed E-state index contributed by atoms with van der Waals surface area (Å²) in [5.41, 5.74) is 2.10. The van der Waals surface area contributed by atoms with E-state index in [-0.39, 0.29) is 5.78 Å². The molecule has 2 aromatic rings. The first-order valence-corrected chi connectivity index (χ1v) is 7.16. The molecule has 0 saturated heterocycles. The van der Waals surface area contributed by atoms with Crippen LogP contribution in [0.3, 0.4) is 0 Å². The summed E-state index contributed by atoms with van der Waals surface area (Å²) in [4.78, 5) is 12.6.